The van der Waals surface area contributed by atoms with Crippen LogP contribution in [0.1, 0.15) is 21.5 Å². The quantitative estimate of drug-likeness (QED) is 0.300. The highest BCUT2D eigenvalue weighted by atomic mass is 35.5. The molecular weight excluding hydrogens is 476 g/mol. The van der Waals surface area contributed by atoms with E-state index in [2.05, 4.69) is 5.32 Å². The summed E-state index contributed by atoms with van der Waals surface area (Å²) in [7, 11) is 0. The van der Waals surface area contributed by atoms with E-state index in [0.717, 1.165) is 0 Å². The number of thiocarbonyl (C=S) groups is 1. The summed E-state index contributed by atoms with van der Waals surface area (Å²) in [6, 6.07) is 19.8. The number of halogens is 1. The average molecular weight is 493 g/mol. The number of nitrogens with zero attached hydrogens (tertiary/aromatic N) is 1. The number of carboxylic acid groups (broad SMARTS) is 1. The molecule has 0 radical (unpaired) electrons. The van der Waals surface area contributed by atoms with Gasteiger partial charge in [0.15, 0.2) is 5.11 Å². The fourth-order valence-corrected chi connectivity index (χ4v) is 3.68. The number of anilines is 1. The largest absolute Gasteiger partial charge is 0.489 e. The van der Waals surface area contributed by atoms with Gasteiger partial charge in [0.05, 0.1) is 11.3 Å². The second-order valence-corrected chi connectivity index (χ2v) is 8.12. The first-order valence-corrected chi connectivity index (χ1v) is 10.8. The van der Waals surface area contributed by atoms with Gasteiger partial charge in [-0.05, 0) is 78.0 Å². The van der Waals surface area contributed by atoms with Gasteiger partial charge in [-0.1, -0.05) is 35.9 Å². The van der Waals surface area contributed by atoms with E-state index in [1.807, 2.05) is 0 Å². The summed E-state index contributed by atoms with van der Waals surface area (Å²) in [6.45, 7) is 0.190. The van der Waals surface area contributed by atoms with Crippen LogP contribution in [-0.4, -0.2) is 28.0 Å². The SMILES string of the molecule is O=C1NC(=S)N(c2ccc(Cl)cc2)C(=O)/C1=C/c1ccc(OCc2cccc(C(=O)O)c2)cc1. The average Bonchev–Trinajstić information content (AvgIpc) is 2.82. The third-order valence-electron chi connectivity index (χ3n) is 4.96. The Morgan fingerprint density at radius 1 is 1.06 bits per heavy atom. The molecule has 2 amide bonds. The number of benzene rings is 3. The van der Waals surface area contributed by atoms with Crippen molar-refractivity contribution < 1.29 is 24.2 Å². The molecule has 4 rings (SSSR count). The van der Waals surface area contributed by atoms with E-state index in [-0.39, 0.29) is 22.9 Å². The van der Waals surface area contributed by atoms with Crippen molar-refractivity contribution in [2.45, 2.75) is 6.61 Å². The van der Waals surface area contributed by atoms with Crippen molar-refractivity contribution in [1.82, 2.24) is 5.32 Å². The normalized spacial score (nSPS) is 14.8. The minimum atomic E-state index is -1.00. The maximum atomic E-state index is 13.0. The monoisotopic (exact) mass is 492 g/mol. The zero-order chi connectivity index (χ0) is 24.2. The van der Waals surface area contributed by atoms with Crippen LogP contribution in [0.5, 0.6) is 5.75 Å². The smallest absolute Gasteiger partial charge is 0.335 e. The number of carbonyl (C=O) groups is 3. The van der Waals surface area contributed by atoms with Crippen LogP contribution in [0.4, 0.5) is 5.69 Å². The Hall–Kier alpha value is -4.01. The second kappa shape index (κ2) is 9.86. The van der Waals surface area contributed by atoms with Crippen LogP contribution in [0.2, 0.25) is 5.02 Å². The Balaban J connectivity index is 1.49. The fourth-order valence-electron chi connectivity index (χ4n) is 3.27. The van der Waals surface area contributed by atoms with Gasteiger partial charge in [-0.25, -0.2) is 4.79 Å². The first-order valence-electron chi connectivity index (χ1n) is 10.0. The molecule has 1 aliphatic heterocycles. The molecule has 0 atom stereocenters. The number of carboxylic acids is 1. The maximum absolute atomic E-state index is 13.0. The molecule has 0 bridgehead atoms. The Bertz CT molecular complexity index is 1320. The first kappa shape index (κ1) is 23.2. The summed E-state index contributed by atoms with van der Waals surface area (Å²) < 4.78 is 5.72. The van der Waals surface area contributed by atoms with Gasteiger partial charge in [-0.3, -0.25) is 19.8 Å². The van der Waals surface area contributed by atoms with E-state index in [4.69, 9.17) is 33.7 Å². The van der Waals surface area contributed by atoms with Crippen LogP contribution in [-0.2, 0) is 16.2 Å². The Kier molecular flexibility index (Phi) is 6.72. The zero-order valence-electron chi connectivity index (χ0n) is 17.5. The predicted molar refractivity (Wildman–Crippen MR) is 132 cm³/mol. The fraction of sp³-hybridized carbons (Fsp3) is 0.0400. The summed E-state index contributed by atoms with van der Waals surface area (Å²) in [4.78, 5) is 37.8. The lowest BCUT2D eigenvalue weighted by Gasteiger charge is -2.28. The molecule has 0 aliphatic carbocycles. The third kappa shape index (κ3) is 5.14. The van der Waals surface area contributed by atoms with Crippen molar-refractivity contribution in [3.8, 4) is 5.75 Å². The van der Waals surface area contributed by atoms with Crippen LogP contribution in [0.15, 0.2) is 78.4 Å². The van der Waals surface area contributed by atoms with E-state index in [0.29, 0.717) is 27.6 Å². The minimum Gasteiger partial charge on any atom is -0.489 e. The summed E-state index contributed by atoms with van der Waals surface area (Å²) in [5, 5.41) is 12.1. The van der Waals surface area contributed by atoms with Gasteiger partial charge in [-0.2, -0.15) is 0 Å². The molecule has 3 aromatic rings. The van der Waals surface area contributed by atoms with Crippen LogP contribution < -0.4 is 15.0 Å². The Morgan fingerprint density at radius 3 is 2.44 bits per heavy atom. The van der Waals surface area contributed by atoms with Gasteiger partial charge in [-0.15, -0.1) is 0 Å². The lowest BCUT2D eigenvalue weighted by molar-refractivity contribution is -0.122. The van der Waals surface area contributed by atoms with Crippen molar-refractivity contribution in [2.24, 2.45) is 0 Å². The lowest BCUT2D eigenvalue weighted by Crippen LogP contribution is -2.54. The number of amides is 2. The van der Waals surface area contributed by atoms with Gasteiger partial charge in [0.2, 0.25) is 0 Å². The van der Waals surface area contributed by atoms with Crippen molar-refractivity contribution in [3.63, 3.8) is 0 Å². The summed E-state index contributed by atoms with van der Waals surface area (Å²) in [5.41, 5.74) is 1.94. The highest BCUT2D eigenvalue weighted by molar-refractivity contribution is 7.80. The summed E-state index contributed by atoms with van der Waals surface area (Å²) in [6.07, 6.45) is 1.47. The Labute approximate surface area is 205 Å². The van der Waals surface area contributed by atoms with E-state index in [1.54, 1.807) is 66.7 Å². The third-order valence-corrected chi connectivity index (χ3v) is 5.49. The second-order valence-electron chi connectivity index (χ2n) is 7.30. The van der Waals surface area contributed by atoms with Crippen LogP contribution in [0.25, 0.3) is 6.08 Å². The molecule has 2 N–H and O–H groups in total. The molecule has 0 spiro atoms. The number of hydrogen-bond acceptors (Lipinski definition) is 5. The van der Waals surface area contributed by atoms with Gasteiger partial charge < -0.3 is 9.84 Å². The molecule has 170 valence electrons. The standard InChI is InChI=1S/C25H17ClN2O5S/c26-18-6-8-19(9-7-18)28-23(30)21(22(29)27-25(28)34)13-15-4-10-20(11-5-15)33-14-16-2-1-3-17(12-16)24(31)32/h1-13H,14H2,(H,31,32)(H,27,29,34)/b21-13+. The molecule has 3 aromatic carbocycles. The minimum absolute atomic E-state index is 0.00909. The van der Waals surface area contributed by atoms with E-state index < -0.39 is 17.8 Å². The van der Waals surface area contributed by atoms with E-state index >= 15 is 0 Å². The van der Waals surface area contributed by atoms with Crippen molar-refractivity contribution in [1.29, 1.82) is 0 Å². The number of rotatable bonds is 6. The van der Waals surface area contributed by atoms with Gasteiger partial charge >= 0.3 is 5.97 Å². The molecular formula is C25H17ClN2O5S. The number of nitrogens with one attached hydrogen (secondary N) is 1. The molecule has 7 nitrogen and oxygen atoms in total. The summed E-state index contributed by atoms with van der Waals surface area (Å²) in [5.74, 6) is -1.59. The number of aromatic carboxylic acids is 1. The van der Waals surface area contributed by atoms with E-state index in [1.165, 1.54) is 17.0 Å². The molecule has 34 heavy (non-hydrogen) atoms. The molecule has 9 heteroatoms. The molecule has 1 fully saturated rings. The van der Waals surface area contributed by atoms with Crippen molar-refractivity contribution in [2.75, 3.05) is 4.90 Å². The molecule has 1 aliphatic rings. The van der Waals surface area contributed by atoms with Crippen LogP contribution in [0.3, 0.4) is 0 Å². The molecule has 0 saturated carbocycles. The van der Waals surface area contributed by atoms with Gasteiger partial charge in [0.25, 0.3) is 11.8 Å². The zero-order valence-corrected chi connectivity index (χ0v) is 19.1. The molecule has 1 saturated heterocycles. The topological polar surface area (TPSA) is 95.9 Å². The van der Waals surface area contributed by atoms with Gasteiger partial charge in [0, 0.05) is 5.02 Å². The Morgan fingerprint density at radius 2 is 1.76 bits per heavy atom. The number of carbonyl (C=O) groups excluding carboxylic acids is 2. The van der Waals surface area contributed by atoms with Crippen LogP contribution in [0, 0.1) is 0 Å². The molecule has 0 aromatic heterocycles. The number of hydrogen-bond donors (Lipinski definition) is 2. The van der Waals surface area contributed by atoms with Crippen LogP contribution >= 0.6 is 23.8 Å². The van der Waals surface area contributed by atoms with Crippen molar-refractivity contribution in [3.05, 3.63) is 100 Å². The van der Waals surface area contributed by atoms with E-state index in [9.17, 15) is 14.4 Å². The van der Waals surface area contributed by atoms with Crippen molar-refractivity contribution >= 4 is 58.5 Å². The molecule has 0 unspecified atom stereocenters. The number of ether oxygens (including phenoxy) is 1. The highest BCUT2D eigenvalue weighted by Gasteiger charge is 2.34. The van der Waals surface area contributed by atoms with Gasteiger partial charge in [0.1, 0.15) is 17.9 Å². The maximum Gasteiger partial charge on any atom is 0.335 e. The molecule has 1 heterocycles. The predicted octanol–water partition coefficient (Wildman–Crippen LogP) is 4.45. The highest BCUT2D eigenvalue weighted by Crippen LogP contribution is 2.24. The summed E-state index contributed by atoms with van der Waals surface area (Å²) >= 11 is 11.1. The lowest BCUT2D eigenvalue weighted by atomic mass is 10.1. The first-order chi connectivity index (χ1) is 16.3.